The monoisotopic (exact) mass is 363 g/mol. The number of carbonyl (C=O) groups is 2. The standard InChI is InChI=1S/C19H29N3O4/c1-13-8-10-14(11-9-13)12-20-15(21-16(23)25-18(2,3)4)22-17(24)26-19(5,6)7/h8-11H,12H2,1-7H3,(H2,20,21,22,23,24). The number of alkyl carbamates (subject to hydrolysis) is 1. The van der Waals surface area contributed by atoms with Gasteiger partial charge in [0.25, 0.3) is 0 Å². The molecule has 144 valence electrons. The van der Waals surface area contributed by atoms with Gasteiger partial charge in [-0.25, -0.2) is 9.59 Å². The molecule has 0 unspecified atom stereocenters. The summed E-state index contributed by atoms with van der Waals surface area (Å²) in [6.45, 7) is 12.8. The van der Waals surface area contributed by atoms with E-state index in [0.29, 0.717) is 6.54 Å². The van der Waals surface area contributed by atoms with E-state index in [1.54, 1.807) is 41.5 Å². The number of amides is 2. The minimum atomic E-state index is -0.806. The van der Waals surface area contributed by atoms with Crippen molar-refractivity contribution >= 4 is 18.1 Å². The van der Waals surface area contributed by atoms with Crippen LogP contribution in [-0.4, -0.2) is 29.3 Å². The Hall–Kier alpha value is -2.57. The van der Waals surface area contributed by atoms with Gasteiger partial charge in [0.1, 0.15) is 11.2 Å². The average molecular weight is 363 g/mol. The van der Waals surface area contributed by atoms with Crippen molar-refractivity contribution in [3.05, 3.63) is 35.4 Å². The third-order valence-electron chi connectivity index (χ3n) is 2.80. The molecule has 0 aliphatic rings. The number of guanidine groups is 1. The second-order valence-corrected chi connectivity index (χ2v) is 7.91. The van der Waals surface area contributed by atoms with Crippen molar-refractivity contribution in [3.63, 3.8) is 0 Å². The van der Waals surface area contributed by atoms with Crippen LogP contribution in [0.2, 0.25) is 0 Å². The summed E-state index contributed by atoms with van der Waals surface area (Å²) in [4.78, 5) is 27.7. The molecule has 0 aliphatic heterocycles. The normalized spacial score (nSPS) is 12.3. The molecule has 0 spiro atoms. The number of rotatable bonds is 2. The Morgan fingerprint density at radius 3 is 2.00 bits per heavy atom. The minimum absolute atomic E-state index is 0.0333. The highest BCUT2D eigenvalue weighted by molar-refractivity contribution is 5.98. The first kappa shape index (κ1) is 21.5. The quantitative estimate of drug-likeness (QED) is 0.614. The van der Waals surface area contributed by atoms with Gasteiger partial charge in [0.05, 0.1) is 0 Å². The maximum atomic E-state index is 12.0. The van der Waals surface area contributed by atoms with Crippen molar-refractivity contribution < 1.29 is 19.1 Å². The summed E-state index contributed by atoms with van der Waals surface area (Å²) in [7, 11) is 0. The summed E-state index contributed by atoms with van der Waals surface area (Å²) in [5.41, 5.74) is 0.758. The second-order valence-electron chi connectivity index (χ2n) is 7.91. The van der Waals surface area contributed by atoms with Gasteiger partial charge >= 0.3 is 12.2 Å². The van der Waals surface area contributed by atoms with Crippen LogP contribution >= 0.6 is 0 Å². The average Bonchev–Trinajstić information content (AvgIpc) is 2.42. The molecule has 0 saturated carbocycles. The first-order valence-corrected chi connectivity index (χ1v) is 8.45. The van der Waals surface area contributed by atoms with E-state index in [1.165, 1.54) is 0 Å². The van der Waals surface area contributed by atoms with Crippen LogP contribution in [0.1, 0.15) is 52.7 Å². The fourth-order valence-corrected chi connectivity index (χ4v) is 1.78. The molecule has 7 nitrogen and oxygen atoms in total. The molecule has 0 fully saturated rings. The first-order valence-electron chi connectivity index (χ1n) is 8.45. The summed E-state index contributed by atoms with van der Waals surface area (Å²) in [6, 6.07) is 7.84. The van der Waals surface area contributed by atoms with Crippen molar-refractivity contribution in [2.24, 2.45) is 4.99 Å². The highest BCUT2D eigenvalue weighted by Crippen LogP contribution is 2.09. The zero-order valence-electron chi connectivity index (χ0n) is 16.6. The number of hydrogen-bond donors (Lipinski definition) is 2. The van der Waals surface area contributed by atoms with Crippen LogP contribution < -0.4 is 10.6 Å². The van der Waals surface area contributed by atoms with E-state index in [1.807, 2.05) is 31.2 Å². The number of benzene rings is 1. The van der Waals surface area contributed by atoms with Gasteiger partial charge in [-0.2, -0.15) is 0 Å². The Kier molecular flexibility index (Phi) is 7.18. The summed E-state index contributed by atoms with van der Waals surface area (Å²) in [5, 5.41) is 5.37. The molecule has 0 aliphatic carbocycles. The molecular formula is C19H29N3O4. The molecule has 2 N–H and O–H groups in total. The SMILES string of the molecule is Cc1ccc(CN/C(=N/C(=O)OC(C)(C)C)NC(=O)OC(C)(C)C)cc1. The van der Waals surface area contributed by atoms with E-state index < -0.39 is 23.4 Å². The summed E-state index contributed by atoms with van der Waals surface area (Å²) < 4.78 is 10.4. The molecule has 0 saturated heterocycles. The van der Waals surface area contributed by atoms with Crippen molar-refractivity contribution in [1.82, 2.24) is 10.6 Å². The van der Waals surface area contributed by atoms with Crippen LogP contribution in [0.25, 0.3) is 0 Å². The molecule has 0 bridgehead atoms. The van der Waals surface area contributed by atoms with E-state index >= 15 is 0 Å². The largest absolute Gasteiger partial charge is 0.444 e. The van der Waals surface area contributed by atoms with Gasteiger partial charge in [-0.1, -0.05) is 29.8 Å². The number of nitrogens with zero attached hydrogens (tertiary/aromatic N) is 1. The van der Waals surface area contributed by atoms with Crippen molar-refractivity contribution in [3.8, 4) is 0 Å². The van der Waals surface area contributed by atoms with E-state index in [2.05, 4.69) is 15.6 Å². The van der Waals surface area contributed by atoms with Crippen molar-refractivity contribution in [2.45, 2.75) is 66.2 Å². The number of carbonyl (C=O) groups excluding carboxylic acids is 2. The molecule has 0 atom stereocenters. The molecule has 1 rings (SSSR count). The smallest absolute Gasteiger partial charge is 0.437 e. The Bertz CT molecular complexity index is 653. The molecule has 1 aromatic carbocycles. The van der Waals surface area contributed by atoms with E-state index in [4.69, 9.17) is 9.47 Å². The number of ether oxygens (including phenoxy) is 2. The Balaban J connectivity index is 2.84. The maximum Gasteiger partial charge on any atom is 0.437 e. The minimum Gasteiger partial charge on any atom is -0.444 e. The lowest BCUT2D eigenvalue weighted by Gasteiger charge is -2.21. The zero-order chi connectivity index (χ0) is 20.0. The van der Waals surface area contributed by atoms with Gasteiger partial charge in [-0.15, -0.1) is 4.99 Å². The van der Waals surface area contributed by atoms with Gasteiger partial charge in [-0.05, 0) is 54.0 Å². The van der Waals surface area contributed by atoms with Crippen molar-refractivity contribution in [2.75, 3.05) is 0 Å². The lowest BCUT2D eigenvalue weighted by molar-refractivity contribution is 0.0560. The van der Waals surface area contributed by atoms with Gasteiger partial charge in [0.2, 0.25) is 5.96 Å². The molecule has 1 aromatic rings. The number of nitrogens with one attached hydrogen (secondary N) is 2. The Labute approximate surface area is 155 Å². The summed E-state index contributed by atoms with van der Waals surface area (Å²) in [6.07, 6.45) is -1.52. The summed E-state index contributed by atoms with van der Waals surface area (Å²) >= 11 is 0. The molecule has 2 amide bonds. The predicted octanol–water partition coefficient (Wildman–Crippen LogP) is 3.90. The van der Waals surface area contributed by atoms with Crippen molar-refractivity contribution in [1.29, 1.82) is 0 Å². The summed E-state index contributed by atoms with van der Waals surface area (Å²) in [5.74, 6) is -0.0333. The third kappa shape index (κ3) is 9.66. The molecule has 7 heteroatoms. The molecule has 0 aromatic heterocycles. The number of hydrogen-bond acceptors (Lipinski definition) is 4. The molecule has 26 heavy (non-hydrogen) atoms. The van der Waals surface area contributed by atoms with Crippen LogP contribution in [0, 0.1) is 6.92 Å². The third-order valence-corrected chi connectivity index (χ3v) is 2.80. The Morgan fingerprint density at radius 2 is 1.50 bits per heavy atom. The fraction of sp³-hybridized carbons (Fsp3) is 0.526. The maximum absolute atomic E-state index is 12.0. The van der Waals surface area contributed by atoms with E-state index in [-0.39, 0.29) is 5.96 Å². The van der Waals surface area contributed by atoms with Gasteiger partial charge < -0.3 is 14.8 Å². The van der Waals surface area contributed by atoms with Gasteiger partial charge in [0.15, 0.2) is 0 Å². The molecule has 0 heterocycles. The number of aryl methyl sites for hydroxylation is 1. The molecule has 0 radical (unpaired) electrons. The van der Waals surface area contributed by atoms with Gasteiger partial charge in [0, 0.05) is 6.54 Å². The topological polar surface area (TPSA) is 89.0 Å². The highest BCUT2D eigenvalue weighted by atomic mass is 16.6. The predicted molar refractivity (Wildman–Crippen MR) is 101 cm³/mol. The lowest BCUT2D eigenvalue weighted by atomic mass is 10.1. The fourth-order valence-electron chi connectivity index (χ4n) is 1.78. The van der Waals surface area contributed by atoms with Gasteiger partial charge in [-0.3, -0.25) is 5.32 Å². The Morgan fingerprint density at radius 1 is 0.962 bits per heavy atom. The van der Waals surface area contributed by atoms with Crippen LogP contribution in [0.4, 0.5) is 9.59 Å². The number of aliphatic imine (C=N–C) groups is 1. The lowest BCUT2D eigenvalue weighted by Crippen LogP contribution is -2.44. The van der Waals surface area contributed by atoms with E-state index in [9.17, 15) is 9.59 Å². The second kappa shape index (κ2) is 8.69. The van der Waals surface area contributed by atoms with E-state index in [0.717, 1.165) is 11.1 Å². The van der Waals surface area contributed by atoms with Crippen LogP contribution in [0.5, 0.6) is 0 Å². The zero-order valence-corrected chi connectivity index (χ0v) is 16.6. The van der Waals surface area contributed by atoms with Crippen LogP contribution in [0.3, 0.4) is 0 Å². The van der Waals surface area contributed by atoms with Crippen LogP contribution in [-0.2, 0) is 16.0 Å². The highest BCUT2D eigenvalue weighted by Gasteiger charge is 2.20. The van der Waals surface area contributed by atoms with Crippen LogP contribution in [0.15, 0.2) is 29.3 Å². The molecular weight excluding hydrogens is 334 g/mol. The first-order chi connectivity index (χ1) is 11.8.